The lowest BCUT2D eigenvalue weighted by atomic mass is 9.54. The van der Waals surface area contributed by atoms with Crippen molar-refractivity contribution in [2.75, 3.05) is 5.73 Å². The topological polar surface area (TPSA) is 61.3 Å². The van der Waals surface area contributed by atoms with E-state index in [9.17, 15) is 0 Å². The Morgan fingerprint density at radius 1 is 1.22 bits per heavy atom. The van der Waals surface area contributed by atoms with Crippen LogP contribution in [0.15, 0.2) is 10.6 Å². The van der Waals surface area contributed by atoms with Crippen LogP contribution in [0.4, 0.5) is 5.88 Å². The van der Waals surface area contributed by atoms with Crippen molar-refractivity contribution in [3.05, 3.63) is 12.1 Å². The number of hydrogen-bond donors (Lipinski definition) is 1. The Labute approximate surface area is 107 Å². The van der Waals surface area contributed by atoms with Crippen LogP contribution in [0.1, 0.15) is 44.4 Å². The fourth-order valence-corrected chi connectivity index (χ4v) is 4.81. The Hall–Kier alpha value is -1.03. The molecule has 0 spiro atoms. The molecule has 4 saturated carbocycles. The second-order valence-corrected chi connectivity index (χ2v) is 6.55. The molecule has 1 aromatic rings. The third kappa shape index (κ3) is 1.74. The van der Waals surface area contributed by atoms with E-state index < -0.39 is 0 Å². The van der Waals surface area contributed by atoms with Crippen molar-refractivity contribution in [1.29, 1.82) is 0 Å². The first-order valence-electron chi connectivity index (χ1n) is 7.05. The van der Waals surface area contributed by atoms with Crippen molar-refractivity contribution in [2.24, 2.45) is 17.8 Å². The van der Waals surface area contributed by atoms with Crippen LogP contribution in [0.5, 0.6) is 0 Å². The van der Waals surface area contributed by atoms with Gasteiger partial charge in [0.15, 0.2) is 0 Å². The molecule has 1 heterocycles. The molecule has 4 aliphatic rings. The molecule has 5 rings (SSSR count). The largest absolute Gasteiger partial charge is 0.423 e. The van der Waals surface area contributed by atoms with E-state index >= 15 is 0 Å². The van der Waals surface area contributed by atoms with Gasteiger partial charge in [-0.2, -0.15) is 0 Å². The average Bonchev–Trinajstić information content (AvgIpc) is 2.71. The fourth-order valence-electron chi connectivity index (χ4n) is 4.81. The highest BCUT2D eigenvalue weighted by molar-refractivity contribution is 5.17. The van der Waals surface area contributed by atoms with E-state index in [0.717, 1.165) is 17.8 Å². The third-order valence-corrected chi connectivity index (χ3v) is 5.06. The lowest BCUT2D eigenvalue weighted by Crippen LogP contribution is -2.51. The van der Waals surface area contributed by atoms with E-state index in [4.69, 9.17) is 14.9 Å². The molecular formula is C14H20N2O2. The van der Waals surface area contributed by atoms with E-state index in [-0.39, 0.29) is 5.60 Å². The van der Waals surface area contributed by atoms with Crippen LogP contribution in [-0.4, -0.2) is 10.6 Å². The summed E-state index contributed by atoms with van der Waals surface area (Å²) in [5.74, 6) is 3.71. The number of nitrogen functional groups attached to an aromatic ring is 1. The van der Waals surface area contributed by atoms with Crippen LogP contribution in [-0.2, 0) is 11.3 Å². The number of anilines is 1. The molecule has 2 N–H and O–H groups in total. The summed E-state index contributed by atoms with van der Waals surface area (Å²) in [5.41, 5.74) is 5.65. The van der Waals surface area contributed by atoms with Crippen LogP contribution in [0.2, 0.25) is 0 Å². The minimum Gasteiger partial charge on any atom is -0.423 e. The molecule has 0 aliphatic heterocycles. The van der Waals surface area contributed by atoms with Gasteiger partial charge in [0.25, 0.3) is 0 Å². The Morgan fingerprint density at radius 2 is 1.83 bits per heavy atom. The van der Waals surface area contributed by atoms with Crippen molar-refractivity contribution in [2.45, 2.75) is 50.7 Å². The summed E-state index contributed by atoms with van der Waals surface area (Å²) >= 11 is 0. The van der Waals surface area contributed by atoms with Gasteiger partial charge in [-0.15, -0.1) is 0 Å². The van der Waals surface area contributed by atoms with Crippen LogP contribution in [0.25, 0.3) is 0 Å². The molecule has 4 aliphatic carbocycles. The van der Waals surface area contributed by atoms with Crippen LogP contribution in [0, 0.1) is 17.8 Å². The van der Waals surface area contributed by atoms with Crippen LogP contribution in [0.3, 0.4) is 0 Å². The van der Waals surface area contributed by atoms with Crippen molar-refractivity contribution >= 4 is 5.88 Å². The van der Waals surface area contributed by atoms with Gasteiger partial charge in [-0.3, -0.25) is 0 Å². The number of aromatic nitrogens is 1. The summed E-state index contributed by atoms with van der Waals surface area (Å²) < 4.78 is 11.5. The van der Waals surface area contributed by atoms with Gasteiger partial charge >= 0.3 is 0 Å². The molecule has 0 saturated heterocycles. The van der Waals surface area contributed by atoms with Gasteiger partial charge < -0.3 is 14.9 Å². The van der Waals surface area contributed by atoms with Gasteiger partial charge in [0.2, 0.25) is 11.8 Å². The van der Waals surface area contributed by atoms with E-state index in [1.54, 1.807) is 6.20 Å². The number of ether oxygens (including phenoxy) is 1. The molecule has 98 valence electrons. The van der Waals surface area contributed by atoms with E-state index in [2.05, 4.69) is 4.98 Å². The standard InChI is InChI=1S/C14H20N2O2/c15-12-7-16-13(18-12)8-17-14-4-9-1-10(5-14)3-11(2-9)6-14/h7,9-11H,1-6,8,15H2. The quantitative estimate of drug-likeness (QED) is 0.893. The predicted octanol–water partition coefficient (Wildman–Crippen LogP) is 2.74. The van der Waals surface area contributed by atoms with E-state index in [0.29, 0.717) is 18.4 Å². The summed E-state index contributed by atoms with van der Waals surface area (Å²) in [7, 11) is 0. The highest BCUT2D eigenvalue weighted by atomic mass is 16.5. The van der Waals surface area contributed by atoms with E-state index in [1.807, 2.05) is 0 Å². The number of hydrogen-bond acceptors (Lipinski definition) is 4. The molecule has 4 heteroatoms. The molecule has 0 atom stereocenters. The lowest BCUT2D eigenvalue weighted by molar-refractivity contribution is -0.171. The SMILES string of the molecule is Nc1cnc(COC23CC4CC(CC(C4)C2)C3)o1. The Bertz CT molecular complexity index is 419. The van der Waals surface area contributed by atoms with Crippen molar-refractivity contribution in [1.82, 2.24) is 4.98 Å². The fraction of sp³-hybridized carbons (Fsp3) is 0.786. The zero-order valence-electron chi connectivity index (χ0n) is 10.6. The van der Waals surface area contributed by atoms with Gasteiger partial charge in [-0.25, -0.2) is 4.98 Å². The molecule has 1 aromatic heterocycles. The van der Waals surface area contributed by atoms with Gasteiger partial charge in [0.1, 0.15) is 6.61 Å². The molecular weight excluding hydrogens is 228 g/mol. The average molecular weight is 248 g/mol. The third-order valence-electron chi connectivity index (χ3n) is 5.06. The van der Waals surface area contributed by atoms with Gasteiger partial charge in [-0.05, 0) is 56.3 Å². The molecule has 0 aromatic carbocycles. The first-order valence-corrected chi connectivity index (χ1v) is 7.05. The number of oxazole rings is 1. The summed E-state index contributed by atoms with van der Waals surface area (Å²) in [6.45, 7) is 0.476. The minimum atomic E-state index is 0.123. The summed E-state index contributed by atoms with van der Waals surface area (Å²) in [6, 6.07) is 0. The van der Waals surface area contributed by atoms with Gasteiger partial charge in [0.05, 0.1) is 11.8 Å². The molecule has 0 unspecified atom stereocenters. The number of nitrogens with two attached hydrogens (primary N) is 1. The maximum absolute atomic E-state index is 6.23. The zero-order valence-corrected chi connectivity index (χ0v) is 10.6. The minimum absolute atomic E-state index is 0.123. The van der Waals surface area contributed by atoms with Crippen molar-refractivity contribution in [3.8, 4) is 0 Å². The maximum Gasteiger partial charge on any atom is 0.222 e. The normalized spacial score (nSPS) is 41.4. The Balaban J connectivity index is 1.47. The number of rotatable bonds is 3. The number of nitrogens with zero attached hydrogens (tertiary/aromatic N) is 1. The smallest absolute Gasteiger partial charge is 0.222 e. The van der Waals surface area contributed by atoms with E-state index in [1.165, 1.54) is 38.5 Å². The van der Waals surface area contributed by atoms with Gasteiger partial charge in [-0.1, -0.05) is 0 Å². The second kappa shape index (κ2) is 3.73. The highest BCUT2D eigenvalue weighted by Gasteiger charge is 2.51. The summed E-state index contributed by atoms with van der Waals surface area (Å²) in [6.07, 6.45) is 9.61. The van der Waals surface area contributed by atoms with Crippen molar-refractivity contribution in [3.63, 3.8) is 0 Å². The zero-order chi connectivity index (χ0) is 12.2. The first-order chi connectivity index (χ1) is 8.71. The van der Waals surface area contributed by atoms with Crippen LogP contribution >= 0.6 is 0 Å². The molecule has 4 nitrogen and oxygen atoms in total. The van der Waals surface area contributed by atoms with Crippen molar-refractivity contribution < 1.29 is 9.15 Å². The second-order valence-electron chi connectivity index (χ2n) is 6.55. The lowest BCUT2D eigenvalue weighted by Gasteiger charge is -2.56. The Morgan fingerprint density at radius 3 is 2.33 bits per heavy atom. The molecule has 4 bridgehead atoms. The molecule has 4 fully saturated rings. The Kier molecular flexibility index (Phi) is 2.25. The molecule has 18 heavy (non-hydrogen) atoms. The maximum atomic E-state index is 6.23. The summed E-state index contributed by atoms with van der Waals surface area (Å²) in [4.78, 5) is 4.12. The monoisotopic (exact) mass is 248 g/mol. The van der Waals surface area contributed by atoms with Gasteiger partial charge in [0, 0.05) is 0 Å². The molecule has 0 radical (unpaired) electrons. The molecule has 0 amide bonds. The first kappa shape index (κ1) is 10.9. The predicted molar refractivity (Wildman–Crippen MR) is 66.6 cm³/mol. The highest BCUT2D eigenvalue weighted by Crippen LogP contribution is 2.57. The van der Waals surface area contributed by atoms with Crippen LogP contribution < -0.4 is 5.73 Å². The summed E-state index contributed by atoms with van der Waals surface area (Å²) in [5, 5.41) is 0.